The van der Waals surface area contributed by atoms with E-state index in [9.17, 15) is 0 Å². The third kappa shape index (κ3) is 2.99. The summed E-state index contributed by atoms with van der Waals surface area (Å²) in [7, 11) is 1.59. The monoisotopic (exact) mass is 316 g/mol. The van der Waals surface area contributed by atoms with Gasteiger partial charge < -0.3 is 9.47 Å². The van der Waals surface area contributed by atoms with Crippen LogP contribution >= 0.6 is 11.8 Å². The molecule has 0 unspecified atom stereocenters. The molecule has 2 aromatic heterocycles. The van der Waals surface area contributed by atoms with Crippen molar-refractivity contribution < 1.29 is 9.47 Å². The first kappa shape index (κ1) is 14.6. The summed E-state index contributed by atoms with van der Waals surface area (Å²) in [6.07, 6.45) is 1.60. The van der Waals surface area contributed by atoms with Crippen molar-refractivity contribution in [2.75, 3.05) is 13.7 Å². The normalized spacial score (nSPS) is 10.8. The van der Waals surface area contributed by atoms with Crippen LogP contribution in [0.2, 0.25) is 0 Å². The van der Waals surface area contributed by atoms with E-state index in [1.807, 2.05) is 25.1 Å². The zero-order valence-electron chi connectivity index (χ0n) is 12.4. The Kier molecular flexibility index (Phi) is 4.43. The third-order valence-electron chi connectivity index (χ3n) is 2.99. The number of benzene rings is 1. The number of aromatic nitrogens is 4. The summed E-state index contributed by atoms with van der Waals surface area (Å²) in [6, 6.07) is 10.6. The molecule has 3 aromatic rings. The van der Waals surface area contributed by atoms with Gasteiger partial charge in [0.1, 0.15) is 0 Å². The number of hydrogen-bond donors (Lipinski definition) is 0. The Morgan fingerprint density at radius 1 is 1.23 bits per heavy atom. The lowest BCUT2D eigenvalue weighted by Crippen LogP contribution is -2.03. The molecule has 0 saturated carbocycles. The lowest BCUT2D eigenvalue weighted by atomic mass is 10.2. The van der Waals surface area contributed by atoms with Crippen molar-refractivity contribution >= 4 is 17.4 Å². The van der Waals surface area contributed by atoms with Gasteiger partial charge in [-0.3, -0.25) is 0 Å². The van der Waals surface area contributed by atoms with Gasteiger partial charge in [-0.15, -0.1) is 5.10 Å². The Morgan fingerprint density at radius 3 is 2.77 bits per heavy atom. The molecular formula is C15H16N4O2S. The van der Waals surface area contributed by atoms with Gasteiger partial charge in [-0.1, -0.05) is 42.1 Å². The molecule has 3 rings (SSSR count). The molecule has 0 fully saturated rings. The number of fused-ring (bicyclic) bond motifs is 1. The maximum Gasteiger partial charge on any atom is 0.319 e. The van der Waals surface area contributed by atoms with Crippen molar-refractivity contribution in [3.8, 4) is 11.8 Å². The molecule has 6 nitrogen and oxygen atoms in total. The second-order valence-electron chi connectivity index (χ2n) is 4.45. The van der Waals surface area contributed by atoms with Gasteiger partial charge in [0.15, 0.2) is 5.75 Å². The molecule has 0 aliphatic rings. The fraction of sp³-hybridized carbons (Fsp3) is 0.267. The number of rotatable bonds is 6. The van der Waals surface area contributed by atoms with E-state index in [4.69, 9.17) is 9.47 Å². The van der Waals surface area contributed by atoms with Crippen LogP contribution in [-0.2, 0) is 5.75 Å². The van der Waals surface area contributed by atoms with E-state index in [-0.39, 0.29) is 0 Å². The van der Waals surface area contributed by atoms with Crippen LogP contribution < -0.4 is 9.47 Å². The van der Waals surface area contributed by atoms with Crippen LogP contribution in [0.5, 0.6) is 11.8 Å². The Labute approximate surface area is 132 Å². The summed E-state index contributed by atoms with van der Waals surface area (Å²) in [5.41, 5.74) is 1.83. The van der Waals surface area contributed by atoms with Gasteiger partial charge in [-0.05, 0) is 12.5 Å². The molecule has 114 valence electrons. The first-order valence-electron chi connectivity index (χ1n) is 6.91. The van der Waals surface area contributed by atoms with E-state index in [1.54, 1.807) is 29.6 Å². The molecule has 0 amide bonds. The van der Waals surface area contributed by atoms with E-state index < -0.39 is 0 Å². The maximum absolute atomic E-state index is 5.48. The predicted molar refractivity (Wildman–Crippen MR) is 84.5 cm³/mol. The molecule has 22 heavy (non-hydrogen) atoms. The first-order chi connectivity index (χ1) is 10.8. The van der Waals surface area contributed by atoms with Crippen LogP contribution in [-0.4, -0.2) is 33.3 Å². The highest BCUT2D eigenvalue weighted by Crippen LogP contribution is 2.25. The number of methoxy groups -OCH3 is 1. The van der Waals surface area contributed by atoms with Crippen LogP contribution in [0.15, 0.2) is 41.7 Å². The molecule has 0 N–H and O–H groups in total. The van der Waals surface area contributed by atoms with Gasteiger partial charge in [-0.25, -0.2) is 0 Å². The second kappa shape index (κ2) is 6.65. The van der Waals surface area contributed by atoms with E-state index >= 15 is 0 Å². The quantitative estimate of drug-likeness (QED) is 0.652. The summed E-state index contributed by atoms with van der Waals surface area (Å²) in [4.78, 5) is 8.71. The lowest BCUT2D eigenvalue weighted by molar-refractivity contribution is 0.300. The number of nitrogens with zero attached hydrogens (tertiary/aromatic N) is 4. The highest BCUT2D eigenvalue weighted by Gasteiger charge is 2.14. The Morgan fingerprint density at radius 2 is 2.05 bits per heavy atom. The minimum atomic E-state index is 0.414. The van der Waals surface area contributed by atoms with E-state index in [1.165, 1.54) is 5.56 Å². The van der Waals surface area contributed by atoms with Crippen molar-refractivity contribution in [1.29, 1.82) is 0 Å². The smallest absolute Gasteiger partial charge is 0.319 e. The van der Waals surface area contributed by atoms with Crippen molar-refractivity contribution in [2.45, 2.75) is 17.8 Å². The summed E-state index contributed by atoms with van der Waals surface area (Å²) in [6.45, 7) is 2.42. The van der Waals surface area contributed by atoms with Gasteiger partial charge in [-0.2, -0.15) is 14.5 Å². The van der Waals surface area contributed by atoms with Crippen molar-refractivity contribution in [1.82, 2.24) is 19.6 Å². The standard InChI is InChI=1S/C15H16N4O2S/c1-3-21-15-16-9-12(20-2)13-17-14(18-19(13)15)22-10-11-7-5-4-6-8-11/h4-9H,3,10H2,1-2H3. The molecular weight excluding hydrogens is 300 g/mol. The van der Waals surface area contributed by atoms with Gasteiger partial charge >= 0.3 is 6.01 Å². The van der Waals surface area contributed by atoms with E-state index in [2.05, 4.69) is 27.2 Å². The number of hydrogen-bond acceptors (Lipinski definition) is 6. The Balaban J connectivity index is 1.89. The maximum atomic E-state index is 5.48. The zero-order valence-corrected chi connectivity index (χ0v) is 13.2. The average Bonchev–Trinajstić information content (AvgIpc) is 2.99. The molecule has 1 aromatic carbocycles. The zero-order chi connectivity index (χ0) is 15.4. The predicted octanol–water partition coefficient (Wildman–Crippen LogP) is 2.82. The number of ether oxygens (including phenoxy) is 2. The molecule has 7 heteroatoms. The van der Waals surface area contributed by atoms with Crippen LogP contribution in [0.1, 0.15) is 12.5 Å². The molecule has 2 heterocycles. The van der Waals surface area contributed by atoms with Crippen LogP contribution in [0.25, 0.3) is 5.65 Å². The van der Waals surface area contributed by atoms with Crippen molar-refractivity contribution in [3.05, 3.63) is 42.1 Å². The molecule has 0 atom stereocenters. The molecule has 0 spiro atoms. The van der Waals surface area contributed by atoms with Crippen molar-refractivity contribution in [2.24, 2.45) is 0 Å². The molecule has 0 aliphatic carbocycles. The molecule has 0 radical (unpaired) electrons. The fourth-order valence-electron chi connectivity index (χ4n) is 1.97. The largest absolute Gasteiger partial charge is 0.491 e. The van der Waals surface area contributed by atoms with E-state index in [0.717, 1.165) is 5.75 Å². The molecule has 0 aliphatic heterocycles. The second-order valence-corrected chi connectivity index (χ2v) is 5.39. The van der Waals surface area contributed by atoms with Crippen LogP contribution in [0.3, 0.4) is 0 Å². The molecule has 0 bridgehead atoms. The SMILES string of the molecule is CCOc1ncc(OC)c2nc(SCc3ccccc3)nn12. The highest BCUT2D eigenvalue weighted by molar-refractivity contribution is 7.98. The topological polar surface area (TPSA) is 61.5 Å². The van der Waals surface area contributed by atoms with Gasteiger partial charge in [0.05, 0.1) is 19.9 Å². The summed E-state index contributed by atoms with van der Waals surface area (Å²) >= 11 is 1.56. The Hall–Kier alpha value is -2.28. The van der Waals surface area contributed by atoms with Gasteiger partial charge in [0.2, 0.25) is 10.8 Å². The fourth-order valence-corrected chi connectivity index (χ4v) is 2.75. The minimum absolute atomic E-state index is 0.414. The lowest BCUT2D eigenvalue weighted by Gasteiger charge is -2.05. The number of thioether (sulfide) groups is 1. The highest BCUT2D eigenvalue weighted by atomic mass is 32.2. The van der Waals surface area contributed by atoms with Gasteiger partial charge in [0, 0.05) is 5.75 Å². The van der Waals surface area contributed by atoms with E-state index in [0.29, 0.717) is 29.2 Å². The summed E-state index contributed by atoms with van der Waals surface area (Å²) < 4.78 is 12.3. The van der Waals surface area contributed by atoms with Crippen LogP contribution in [0.4, 0.5) is 0 Å². The summed E-state index contributed by atoms with van der Waals surface area (Å²) in [5, 5.41) is 5.12. The van der Waals surface area contributed by atoms with Crippen LogP contribution in [0, 0.1) is 0 Å². The van der Waals surface area contributed by atoms with Gasteiger partial charge in [0.25, 0.3) is 0 Å². The Bertz CT molecular complexity index is 761. The minimum Gasteiger partial charge on any atom is -0.491 e. The first-order valence-corrected chi connectivity index (χ1v) is 7.89. The van der Waals surface area contributed by atoms with Crippen molar-refractivity contribution in [3.63, 3.8) is 0 Å². The average molecular weight is 316 g/mol. The summed E-state index contributed by atoms with van der Waals surface area (Å²) in [5.74, 6) is 1.37. The third-order valence-corrected chi connectivity index (χ3v) is 3.89. The molecule has 0 saturated heterocycles.